The maximum absolute atomic E-state index is 12.9. The smallest absolute Gasteiger partial charge is 0.230 e. The first-order chi connectivity index (χ1) is 12.1. The van der Waals surface area contributed by atoms with Gasteiger partial charge in [-0.05, 0) is 31.7 Å². The van der Waals surface area contributed by atoms with E-state index in [9.17, 15) is 4.79 Å². The van der Waals surface area contributed by atoms with E-state index in [0.29, 0.717) is 0 Å². The lowest BCUT2D eigenvalue weighted by atomic mass is 9.81. The van der Waals surface area contributed by atoms with Gasteiger partial charge in [0.05, 0.1) is 17.1 Å². The molecule has 2 aliphatic heterocycles. The van der Waals surface area contributed by atoms with Gasteiger partial charge in [0, 0.05) is 37.1 Å². The predicted molar refractivity (Wildman–Crippen MR) is 101 cm³/mol. The molecule has 2 aromatic rings. The van der Waals surface area contributed by atoms with Crippen molar-refractivity contribution in [3.63, 3.8) is 0 Å². The van der Waals surface area contributed by atoms with Crippen LogP contribution < -0.4 is 0 Å². The highest BCUT2D eigenvalue weighted by Gasteiger charge is 2.50. The van der Waals surface area contributed by atoms with Crippen molar-refractivity contribution in [2.45, 2.75) is 44.2 Å². The lowest BCUT2D eigenvalue weighted by Gasteiger charge is -2.43. The van der Waals surface area contributed by atoms with Gasteiger partial charge in [0.1, 0.15) is 0 Å². The van der Waals surface area contributed by atoms with Gasteiger partial charge in [0.15, 0.2) is 0 Å². The Labute approximate surface area is 153 Å². The number of rotatable bonds is 3. The number of hydrogen-bond acceptors (Lipinski definition) is 4. The molecule has 0 aliphatic carbocycles. The van der Waals surface area contributed by atoms with Gasteiger partial charge in [-0.2, -0.15) is 0 Å². The molecule has 4 nitrogen and oxygen atoms in total. The second kappa shape index (κ2) is 6.54. The summed E-state index contributed by atoms with van der Waals surface area (Å²) in [5.74, 6) is 0.319. The van der Waals surface area contributed by atoms with Crippen molar-refractivity contribution in [3.05, 3.63) is 52.0 Å². The summed E-state index contributed by atoms with van der Waals surface area (Å²) in [5.41, 5.74) is 4.29. The van der Waals surface area contributed by atoms with Crippen LogP contribution in [-0.2, 0) is 11.3 Å². The van der Waals surface area contributed by atoms with Crippen LogP contribution in [0.25, 0.3) is 0 Å². The number of benzene rings is 1. The van der Waals surface area contributed by atoms with E-state index in [0.717, 1.165) is 44.6 Å². The molecule has 25 heavy (non-hydrogen) atoms. The van der Waals surface area contributed by atoms with E-state index in [1.807, 2.05) is 30.8 Å². The van der Waals surface area contributed by atoms with Gasteiger partial charge in [-0.1, -0.05) is 30.3 Å². The maximum Gasteiger partial charge on any atom is 0.230 e. The molecule has 4 rings (SSSR count). The van der Waals surface area contributed by atoms with Gasteiger partial charge in [-0.25, -0.2) is 4.98 Å². The highest BCUT2D eigenvalue weighted by atomic mass is 32.1. The van der Waals surface area contributed by atoms with E-state index in [1.165, 1.54) is 10.4 Å². The zero-order chi connectivity index (χ0) is 17.4. The molecule has 1 aromatic carbocycles. The molecule has 2 aliphatic rings. The Bertz CT molecular complexity index is 749. The third-order valence-electron chi connectivity index (χ3n) is 6.13. The third-order valence-corrected chi connectivity index (χ3v) is 7.04. The predicted octanol–water partition coefficient (Wildman–Crippen LogP) is 3.43. The average molecular weight is 356 g/mol. The molecule has 1 aromatic heterocycles. The van der Waals surface area contributed by atoms with Crippen LogP contribution in [0, 0.1) is 6.92 Å². The van der Waals surface area contributed by atoms with Gasteiger partial charge < -0.3 is 4.90 Å². The lowest BCUT2D eigenvalue weighted by molar-refractivity contribution is -0.131. The number of aromatic nitrogens is 1. The van der Waals surface area contributed by atoms with Crippen LogP contribution in [0.2, 0.25) is 0 Å². The van der Waals surface area contributed by atoms with Crippen molar-refractivity contribution in [1.29, 1.82) is 0 Å². The maximum atomic E-state index is 12.9. The summed E-state index contributed by atoms with van der Waals surface area (Å²) in [5, 5.41) is 0. The zero-order valence-corrected chi connectivity index (χ0v) is 15.8. The van der Waals surface area contributed by atoms with E-state index in [-0.39, 0.29) is 17.4 Å². The van der Waals surface area contributed by atoms with Crippen LogP contribution in [-0.4, -0.2) is 46.4 Å². The first-order valence-electron chi connectivity index (χ1n) is 9.03. The van der Waals surface area contributed by atoms with Gasteiger partial charge >= 0.3 is 0 Å². The summed E-state index contributed by atoms with van der Waals surface area (Å²) in [6.07, 6.45) is 3.09. The van der Waals surface area contributed by atoms with Crippen LogP contribution in [0.3, 0.4) is 0 Å². The quantitative estimate of drug-likeness (QED) is 0.846. The molecular formula is C20H25N3OS. The molecule has 132 valence electrons. The second-order valence-electron chi connectivity index (χ2n) is 7.43. The minimum Gasteiger partial charge on any atom is -0.339 e. The normalized spacial score (nSPS) is 23.5. The van der Waals surface area contributed by atoms with Crippen molar-refractivity contribution >= 4 is 17.2 Å². The fourth-order valence-corrected chi connectivity index (χ4v) is 5.18. The highest BCUT2D eigenvalue weighted by molar-refractivity contribution is 7.09. The molecule has 5 heteroatoms. The number of nitrogens with zero attached hydrogens (tertiary/aromatic N) is 3. The lowest BCUT2D eigenvalue weighted by Crippen LogP contribution is -2.51. The SMILES string of the molecule is Cc1ncsc1CN1CCC2(CC1)C[C@H](c1ccccc1)C(=O)N2C. The first kappa shape index (κ1) is 16.7. The van der Waals surface area contributed by atoms with E-state index in [2.05, 4.69) is 33.8 Å². The number of likely N-dealkylation sites (N-methyl/N-ethyl adjacent to an activating group) is 1. The van der Waals surface area contributed by atoms with E-state index < -0.39 is 0 Å². The topological polar surface area (TPSA) is 36.4 Å². The van der Waals surface area contributed by atoms with E-state index in [4.69, 9.17) is 0 Å². The van der Waals surface area contributed by atoms with Crippen LogP contribution in [0.4, 0.5) is 0 Å². The van der Waals surface area contributed by atoms with E-state index in [1.54, 1.807) is 11.3 Å². The van der Waals surface area contributed by atoms with Crippen LogP contribution in [0.1, 0.15) is 41.3 Å². The highest BCUT2D eigenvalue weighted by Crippen LogP contribution is 2.45. The second-order valence-corrected chi connectivity index (χ2v) is 8.37. The number of piperidine rings is 1. The van der Waals surface area contributed by atoms with Crippen molar-refractivity contribution in [3.8, 4) is 0 Å². The fourth-order valence-electron chi connectivity index (χ4n) is 4.37. The van der Waals surface area contributed by atoms with Crippen molar-refractivity contribution in [1.82, 2.24) is 14.8 Å². The number of carbonyl (C=O) groups excluding carboxylic acids is 1. The van der Waals surface area contributed by atoms with E-state index >= 15 is 0 Å². The summed E-state index contributed by atoms with van der Waals surface area (Å²) >= 11 is 1.75. The molecule has 0 N–H and O–H groups in total. The monoisotopic (exact) mass is 355 g/mol. The molecule has 1 amide bonds. The standard InChI is InChI=1S/C20H25N3OS/c1-15-18(25-14-21-15)13-23-10-8-20(9-11-23)12-17(19(24)22(20)2)16-6-4-3-5-7-16/h3-7,14,17H,8-13H2,1-2H3/t17-/m1/s1. The Morgan fingerprint density at radius 2 is 1.96 bits per heavy atom. The summed E-state index contributed by atoms with van der Waals surface area (Å²) in [4.78, 5) is 23.2. The Morgan fingerprint density at radius 3 is 2.60 bits per heavy atom. The van der Waals surface area contributed by atoms with Crippen LogP contribution >= 0.6 is 11.3 Å². The number of aryl methyl sites for hydroxylation is 1. The van der Waals surface area contributed by atoms with Crippen LogP contribution in [0.15, 0.2) is 35.8 Å². The van der Waals surface area contributed by atoms with Gasteiger partial charge in [-0.3, -0.25) is 9.69 Å². The fraction of sp³-hybridized carbons (Fsp3) is 0.500. The number of thiazole rings is 1. The Kier molecular flexibility index (Phi) is 4.38. The van der Waals surface area contributed by atoms with Gasteiger partial charge in [0.25, 0.3) is 0 Å². The van der Waals surface area contributed by atoms with Crippen molar-refractivity contribution in [2.75, 3.05) is 20.1 Å². The van der Waals surface area contributed by atoms with Crippen LogP contribution in [0.5, 0.6) is 0 Å². The molecule has 0 radical (unpaired) electrons. The van der Waals surface area contributed by atoms with Gasteiger partial charge in [0.2, 0.25) is 5.91 Å². The number of amides is 1. The molecule has 3 heterocycles. The Morgan fingerprint density at radius 1 is 1.24 bits per heavy atom. The molecular weight excluding hydrogens is 330 g/mol. The first-order valence-corrected chi connectivity index (χ1v) is 9.91. The molecule has 0 saturated carbocycles. The zero-order valence-electron chi connectivity index (χ0n) is 14.9. The summed E-state index contributed by atoms with van der Waals surface area (Å²) in [6.45, 7) is 5.18. The van der Waals surface area contributed by atoms with Crippen molar-refractivity contribution in [2.24, 2.45) is 0 Å². The molecule has 1 atom stereocenters. The molecule has 0 bridgehead atoms. The molecule has 1 spiro atoms. The summed E-state index contributed by atoms with van der Waals surface area (Å²) in [7, 11) is 2.01. The summed E-state index contributed by atoms with van der Waals surface area (Å²) < 4.78 is 0. The number of carbonyl (C=O) groups is 1. The largest absolute Gasteiger partial charge is 0.339 e. The number of likely N-dealkylation sites (tertiary alicyclic amines) is 2. The molecule has 2 fully saturated rings. The molecule has 0 unspecified atom stereocenters. The minimum absolute atomic E-state index is 0.0292. The molecule has 2 saturated heterocycles. The van der Waals surface area contributed by atoms with Crippen molar-refractivity contribution < 1.29 is 4.79 Å². The minimum atomic E-state index is 0.0292. The third kappa shape index (κ3) is 3.00. The Balaban J connectivity index is 1.45. The number of hydrogen-bond donors (Lipinski definition) is 0. The Hall–Kier alpha value is -1.72. The summed E-state index contributed by atoms with van der Waals surface area (Å²) in [6, 6.07) is 10.3. The van der Waals surface area contributed by atoms with Gasteiger partial charge in [-0.15, -0.1) is 11.3 Å². The average Bonchev–Trinajstić information content (AvgIpc) is 3.15.